The molecule has 0 aliphatic heterocycles. The van der Waals surface area contributed by atoms with Crippen LogP contribution in [0.3, 0.4) is 0 Å². The zero-order chi connectivity index (χ0) is 16.2. The molecule has 0 N–H and O–H groups in total. The van der Waals surface area contributed by atoms with Gasteiger partial charge in [0.05, 0.1) is 11.9 Å². The maximum absolute atomic E-state index is 6.01. The van der Waals surface area contributed by atoms with E-state index in [1.807, 2.05) is 49.6 Å². The van der Waals surface area contributed by atoms with Gasteiger partial charge in [0.2, 0.25) is 0 Å². The number of rotatable bonds is 4. The number of hydrogen-bond donors (Lipinski definition) is 0. The highest BCUT2D eigenvalue weighted by atomic mass is 32.1. The van der Waals surface area contributed by atoms with Crippen LogP contribution in [0.4, 0.5) is 5.69 Å². The molecule has 3 aromatic rings. The molecular formula is C19H18N2OS. The number of hydrogen-bond acceptors (Lipinski definition) is 4. The Hall–Kier alpha value is -2.46. The van der Waals surface area contributed by atoms with Crippen LogP contribution in [0.15, 0.2) is 53.0 Å². The smallest absolute Gasteiger partial charge is 0.134 e. The lowest BCUT2D eigenvalue weighted by Gasteiger charge is -2.11. The zero-order valence-corrected chi connectivity index (χ0v) is 14.2. The van der Waals surface area contributed by atoms with Crippen LogP contribution in [0.5, 0.6) is 11.5 Å². The van der Waals surface area contributed by atoms with Crippen molar-refractivity contribution in [3.8, 4) is 11.5 Å². The summed E-state index contributed by atoms with van der Waals surface area (Å²) in [6.45, 7) is 6.13. The molecular weight excluding hydrogens is 304 g/mol. The number of thiazole rings is 1. The summed E-state index contributed by atoms with van der Waals surface area (Å²) in [4.78, 5) is 8.75. The van der Waals surface area contributed by atoms with Crippen molar-refractivity contribution in [1.82, 2.24) is 4.98 Å². The van der Waals surface area contributed by atoms with E-state index in [1.54, 1.807) is 23.7 Å². The topological polar surface area (TPSA) is 34.5 Å². The Kier molecular flexibility index (Phi) is 4.53. The molecule has 1 aromatic heterocycles. The highest BCUT2D eigenvalue weighted by Gasteiger charge is 2.06. The lowest BCUT2D eigenvalue weighted by Crippen LogP contribution is -1.90. The van der Waals surface area contributed by atoms with Crippen LogP contribution >= 0.6 is 11.3 Å². The zero-order valence-electron chi connectivity index (χ0n) is 13.4. The molecule has 0 amide bonds. The largest absolute Gasteiger partial charge is 0.457 e. The lowest BCUT2D eigenvalue weighted by atomic mass is 10.1. The standard InChI is InChI=1S/C19H18N2OS/c1-13-5-4-6-16(9-13)22-18-11-14(2)17(10-15(18)3)21-12-19-20-7-8-23-19/h4-12H,1-3H3. The summed E-state index contributed by atoms with van der Waals surface area (Å²) < 4.78 is 6.01. The predicted octanol–water partition coefficient (Wildman–Crippen LogP) is 5.61. The van der Waals surface area contributed by atoms with E-state index in [9.17, 15) is 0 Å². The molecule has 1 heterocycles. The van der Waals surface area contributed by atoms with Crippen molar-refractivity contribution < 1.29 is 4.74 Å². The van der Waals surface area contributed by atoms with Gasteiger partial charge in [0.25, 0.3) is 0 Å². The van der Waals surface area contributed by atoms with Crippen LogP contribution in [0.25, 0.3) is 0 Å². The highest BCUT2D eigenvalue weighted by molar-refractivity contribution is 7.11. The summed E-state index contributed by atoms with van der Waals surface area (Å²) in [6, 6.07) is 12.1. The number of benzene rings is 2. The van der Waals surface area contributed by atoms with Gasteiger partial charge in [0, 0.05) is 11.6 Å². The molecule has 0 unspecified atom stereocenters. The molecule has 4 heteroatoms. The normalized spacial score (nSPS) is 11.1. The summed E-state index contributed by atoms with van der Waals surface area (Å²) in [5.41, 5.74) is 4.25. The van der Waals surface area contributed by atoms with Crippen LogP contribution in [-0.2, 0) is 0 Å². The Bertz CT molecular complexity index is 839. The van der Waals surface area contributed by atoms with E-state index in [1.165, 1.54) is 5.56 Å². The molecule has 0 fully saturated rings. The molecule has 0 saturated carbocycles. The maximum Gasteiger partial charge on any atom is 0.134 e. The monoisotopic (exact) mass is 322 g/mol. The summed E-state index contributed by atoms with van der Waals surface area (Å²) in [6.07, 6.45) is 3.58. The minimum absolute atomic E-state index is 0.853. The van der Waals surface area contributed by atoms with Gasteiger partial charge in [-0.05, 0) is 61.7 Å². The number of nitrogens with zero attached hydrogens (tertiary/aromatic N) is 2. The fraction of sp³-hybridized carbons (Fsp3) is 0.158. The lowest BCUT2D eigenvalue weighted by molar-refractivity contribution is 0.478. The third kappa shape index (κ3) is 3.85. The van der Waals surface area contributed by atoms with Crippen molar-refractivity contribution >= 4 is 23.2 Å². The van der Waals surface area contributed by atoms with Gasteiger partial charge in [0.1, 0.15) is 16.5 Å². The average molecular weight is 322 g/mol. The highest BCUT2D eigenvalue weighted by Crippen LogP contribution is 2.31. The minimum Gasteiger partial charge on any atom is -0.457 e. The SMILES string of the molecule is Cc1cccc(Oc2cc(C)c(N=Cc3nccs3)cc2C)c1. The van der Waals surface area contributed by atoms with Crippen LogP contribution in [-0.4, -0.2) is 11.2 Å². The fourth-order valence-corrected chi connectivity index (χ4v) is 2.75. The maximum atomic E-state index is 6.01. The van der Waals surface area contributed by atoms with Gasteiger partial charge in [-0.25, -0.2) is 4.98 Å². The van der Waals surface area contributed by atoms with E-state index < -0.39 is 0 Å². The molecule has 0 atom stereocenters. The van der Waals surface area contributed by atoms with E-state index in [0.717, 1.165) is 33.3 Å². The average Bonchev–Trinajstić information content (AvgIpc) is 3.03. The Labute approximate surface area is 140 Å². The summed E-state index contributed by atoms with van der Waals surface area (Å²) in [5.74, 6) is 1.72. The number of aliphatic imine (C=N–C) groups is 1. The first kappa shape index (κ1) is 15.4. The van der Waals surface area contributed by atoms with E-state index in [2.05, 4.69) is 23.0 Å². The summed E-state index contributed by atoms with van der Waals surface area (Å²) >= 11 is 1.57. The second-order valence-electron chi connectivity index (χ2n) is 5.45. The number of ether oxygens (including phenoxy) is 1. The van der Waals surface area contributed by atoms with Crippen LogP contribution < -0.4 is 4.74 Å². The van der Waals surface area contributed by atoms with Crippen molar-refractivity contribution in [3.05, 3.63) is 69.7 Å². The quantitative estimate of drug-likeness (QED) is 0.585. The van der Waals surface area contributed by atoms with E-state index in [0.29, 0.717) is 0 Å². The molecule has 2 aromatic carbocycles. The molecule has 3 nitrogen and oxygen atoms in total. The van der Waals surface area contributed by atoms with Crippen molar-refractivity contribution in [2.24, 2.45) is 4.99 Å². The van der Waals surface area contributed by atoms with Crippen LogP contribution in [0.2, 0.25) is 0 Å². The van der Waals surface area contributed by atoms with E-state index in [4.69, 9.17) is 4.74 Å². The van der Waals surface area contributed by atoms with Gasteiger partial charge in [-0.1, -0.05) is 12.1 Å². The van der Waals surface area contributed by atoms with Crippen molar-refractivity contribution in [2.75, 3.05) is 0 Å². The second-order valence-corrected chi connectivity index (χ2v) is 6.38. The molecule has 0 aliphatic rings. The van der Waals surface area contributed by atoms with Gasteiger partial charge in [-0.2, -0.15) is 0 Å². The molecule has 116 valence electrons. The summed E-state index contributed by atoms with van der Waals surface area (Å²) in [7, 11) is 0. The third-order valence-electron chi connectivity index (χ3n) is 3.48. The van der Waals surface area contributed by atoms with Gasteiger partial charge < -0.3 is 4.74 Å². The third-order valence-corrected chi connectivity index (χ3v) is 4.19. The molecule has 0 bridgehead atoms. The van der Waals surface area contributed by atoms with Crippen molar-refractivity contribution in [2.45, 2.75) is 20.8 Å². The van der Waals surface area contributed by atoms with Gasteiger partial charge in [-0.3, -0.25) is 4.99 Å². The Balaban J connectivity index is 1.85. The predicted molar refractivity (Wildman–Crippen MR) is 96.5 cm³/mol. The van der Waals surface area contributed by atoms with E-state index >= 15 is 0 Å². The van der Waals surface area contributed by atoms with Gasteiger partial charge >= 0.3 is 0 Å². The Morgan fingerprint density at radius 2 is 1.96 bits per heavy atom. The second kappa shape index (κ2) is 6.75. The molecule has 23 heavy (non-hydrogen) atoms. The molecule has 0 spiro atoms. The Morgan fingerprint density at radius 1 is 1.09 bits per heavy atom. The Morgan fingerprint density at radius 3 is 2.70 bits per heavy atom. The molecule has 0 radical (unpaired) electrons. The first-order valence-corrected chi connectivity index (χ1v) is 8.29. The first-order valence-electron chi connectivity index (χ1n) is 7.41. The van der Waals surface area contributed by atoms with Crippen LogP contribution in [0, 0.1) is 20.8 Å². The minimum atomic E-state index is 0.853. The van der Waals surface area contributed by atoms with Crippen LogP contribution in [0.1, 0.15) is 21.7 Å². The van der Waals surface area contributed by atoms with Crippen molar-refractivity contribution in [3.63, 3.8) is 0 Å². The van der Waals surface area contributed by atoms with E-state index in [-0.39, 0.29) is 0 Å². The fourth-order valence-electron chi connectivity index (χ4n) is 2.25. The molecule has 0 saturated heterocycles. The molecule has 0 aliphatic carbocycles. The number of aryl methyl sites for hydroxylation is 3. The molecule has 3 rings (SSSR count). The number of aromatic nitrogens is 1. The summed E-state index contributed by atoms with van der Waals surface area (Å²) in [5, 5.41) is 2.85. The first-order chi connectivity index (χ1) is 11.1. The van der Waals surface area contributed by atoms with Gasteiger partial charge in [0.15, 0.2) is 0 Å². The van der Waals surface area contributed by atoms with Crippen molar-refractivity contribution in [1.29, 1.82) is 0 Å². The van der Waals surface area contributed by atoms with Gasteiger partial charge in [-0.15, -0.1) is 11.3 Å².